The second kappa shape index (κ2) is 5.67. The molecule has 1 fully saturated rings. The van der Waals surface area contributed by atoms with Crippen molar-refractivity contribution in [1.29, 1.82) is 0 Å². The van der Waals surface area contributed by atoms with E-state index >= 15 is 0 Å². The first kappa shape index (κ1) is 12.6. The first-order chi connectivity index (χ1) is 8.20. The van der Waals surface area contributed by atoms with Crippen LogP contribution in [0, 0.1) is 5.92 Å². The highest BCUT2D eigenvalue weighted by molar-refractivity contribution is 9.09. The Kier molecular flexibility index (Phi) is 4.20. The average molecular weight is 300 g/mol. The molecule has 17 heavy (non-hydrogen) atoms. The predicted molar refractivity (Wildman–Crippen MR) is 72.9 cm³/mol. The van der Waals surface area contributed by atoms with Gasteiger partial charge >= 0.3 is 0 Å². The normalized spacial score (nSPS) is 20.6. The third kappa shape index (κ3) is 3.09. The van der Waals surface area contributed by atoms with Crippen molar-refractivity contribution < 1.29 is 0 Å². The lowest BCUT2D eigenvalue weighted by Gasteiger charge is -2.32. The molecule has 2 rings (SSSR count). The number of rotatable bonds is 3. The molecular formula is C12H18BrN3O. The van der Waals surface area contributed by atoms with Gasteiger partial charge in [-0.05, 0) is 18.8 Å². The van der Waals surface area contributed by atoms with E-state index in [1.165, 1.54) is 17.5 Å². The van der Waals surface area contributed by atoms with Crippen LogP contribution in [0.1, 0.15) is 19.8 Å². The van der Waals surface area contributed by atoms with Crippen LogP contribution >= 0.6 is 15.9 Å². The Bertz CT molecular complexity index is 432. The lowest BCUT2D eigenvalue weighted by molar-refractivity contribution is 0.445. The zero-order valence-electron chi connectivity index (χ0n) is 10.1. The second-order valence-electron chi connectivity index (χ2n) is 4.66. The largest absolute Gasteiger partial charge is 0.370 e. The molecule has 5 heteroatoms. The van der Waals surface area contributed by atoms with Crippen LogP contribution in [0.5, 0.6) is 0 Å². The van der Waals surface area contributed by atoms with Gasteiger partial charge in [0.15, 0.2) is 0 Å². The molecule has 0 radical (unpaired) electrons. The number of hydrogen-bond acceptors (Lipinski definition) is 3. The van der Waals surface area contributed by atoms with E-state index in [-0.39, 0.29) is 5.56 Å². The maximum Gasteiger partial charge on any atom is 0.268 e. The molecular weight excluding hydrogens is 282 g/mol. The zero-order chi connectivity index (χ0) is 12.3. The molecule has 0 spiro atoms. The van der Waals surface area contributed by atoms with Crippen molar-refractivity contribution in [1.82, 2.24) is 9.78 Å². The van der Waals surface area contributed by atoms with E-state index in [0.717, 1.165) is 24.1 Å². The Morgan fingerprint density at radius 2 is 2.41 bits per heavy atom. The van der Waals surface area contributed by atoms with E-state index in [0.29, 0.717) is 12.5 Å². The number of hydrogen-bond donors (Lipinski definition) is 0. The van der Waals surface area contributed by atoms with Crippen molar-refractivity contribution >= 4 is 21.6 Å². The van der Waals surface area contributed by atoms with Crippen LogP contribution in [0.25, 0.3) is 0 Å². The van der Waals surface area contributed by atoms with Gasteiger partial charge < -0.3 is 4.90 Å². The summed E-state index contributed by atoms with van der Waals surface area (Å²) >= 11 is 3.31. The standard InChI is InChI=1S/C12H18BrN3O/c1-10-3-2-5-15(9-10)11-7-12(17)16(6-4-13)14-8-11/h7-8,10H,2-6,9H2,1H3. The maximum absolute atomic E-state index is 11.8. The minimum Gasteiger partial charge on any atom is -0.370 e. The highest BCUT2D eigenvalue weighted by Crippen LogP contribution is 2.20. The molecule has 4 nitrogen and oxygen atoms in total. The first-order valence-electron chi connectivity index (χ1n) is 6.09. The van der Waals surface area contributed by atoms with E-state index in [4.69, 9.17) is 0 Å². The Hall–Kier alpha value is -0.840. The molecule has 0 bridgehead atoms. The van der Waals surface area contributed by atoms with Crippen LogP contribution in [0.15, 0.2) is 17.1 Å². The summed E-state index contributed by atoms with van der Waals surface area (Å²) in [5.41, 5.74) is 0.951. The topological polar surface area (TPSA) is 38.1 Å². The van der Waals surface area contributed by atoms with E-state index in [1.54, 1.807) is 6.07 Å². The van der Waals surface area contributed by atoms with Crippen LogP contribution in [0.2, 0.25) is 0 Å². The number of anilines is 1. The highest BCUT2D eigenvalue weighted by Gasteiger charge is 2.17. The predicted octanol–water partition coefficient (Wildman–Crippen LogP) is 1.87. The van der Waals surface area contributed by atoms with Gasteiger partial charge in [-0.2, -0.15) is 5.10 Å². The Balaban J connectivity index is 2.16. The zero-order valence-corrected chi connectivity index (χ0v) is 11.7. The minimum absolute atomic E-state index is 0.0137. The number of aromatic nitrogens is 2. The summed E-state index contributed by atoms with van der Waals surface area (Å²) in [6, 6.07) is 1.70. The van der Waals surface area contributed by atoms with E-state index in [1.807, 2.05) is 6.20 Å². The van der Waals surface area contributed by atoms with Crippen LogP contribution in [0.3, 0.4) is 0 Å². The second-order valence-corrected chi connectivity index (χ2v) is 5.45. The van der Waals surface area contributed by atoms with Crippen LogP contribution in [0.4, 0.5) is 5.69 Å². The van der Waals surface area contributed by atoms with Crippen LogP contribution in [-0.4, -0.2) is 28.2 Å². The molecule has 0 aromatic carbocycles. The summed E-state index contributed by atoms with van der Waals surface area (Å²) in [5, 5.41) is 4.95. The molecule has 1 saturated heterocycles. The molecule has 1 atom stereocenters. The molecule has 0 saturated carbocycles. The van der Waals surface area contributed by atoms with E-state index in [9.17, 15) is 4.79 Å². The summed E-state index contributed by atoms with van der Waals surface area (Å²) in [6.07, 6.45) is 4.29. The van der Waals surface area contributed by atoms with Gasteiger partial charge in [0.1, 0.15) is 0 Å². The van der Waals surface area contributed by atoms with Crippen LogP contribution in [-0.2, 0) is 6.54 Å². The van der Waals surface area contributed by atoms with Gasteiger partial charge in [-0.3, -0.25) is 4.79 Å². The third-order valence-electron chi connectivity index (χ3n) is 3.17. The van der Waals surface area contributed by atoms with Crippen molar-refractivity contribution in [3.05, 3.63) is 22.6 Å². The fourth-order valence-corrected chi connectivity index (χ4v) is 2.60. The lowest BCUT2D eigenvalue weighted by atomic mass is 10.00. The molecule has 2 heterocycles. The molecule has 1 aromatic rings. The van der Waals surface area contributed by atoms with Gasteiger partial charge in [-0.25, -0.2) is 4.68 Å². The van der Waals surface area contributed by atoms with Gasteiger partial charge in [0.2, 0.25) is 0 Å². The van der Waals surface area contributed by atoms with Crippen molar-refractivity contribution in [3.63, 3.8) is 0 Å². The SMILES string of the molecule is CC1CCCN(c2cnn(CCBr)c(=O)c2)C1. The monoisotopic (exact) mass is 299 g/mol. The third-order valence-corrected chi connectivity index (χ3v) is 3.53. The summed E-state index contributed by atoms with van der Waals surface area (Å²) < 4.78 is 1.49. The minimum atomic E-state index is -0.0137. The molecule has 94 valence electrons. The van der Waals surface area contributed by atoms with Gasteiger partial charge in [0, 0.05) is 24.5 Å². The lowest BCUT2D eigenvalue weighted by Crippen LogP contribution is -2.35. The fourth-order valence-electron chi connectivity index (χ4n) is 2.27. The molecule has 0 amide bonds. The number of halogens is 1. The summed E-state index contributed by atoms with van der Waals surface area (Å²) in [7, 11) is 0. The van der Waals surface area contributed by atoms with Gasteiger partial charge in [0.05, 0.1) is 18.4 Å². The highest BCUT2D eigenvalue weighted by atomic mass is 79.9. The summed E-state index contributed by atoms with van der Waals surface area (Å²) in [4.78, 5) is 14.1. The first-order valence-corrected chi connectivity index (χ1v) is 7.21. The molecule has 1 unspecified atom stereocenters. The molecule has 1 aliphatic heterocycles. The van der Waals surface area contributed by atoms with E-state index in [2.05, 4.69) is 32.9 Å². The molecule has 0 aliphatic carbocycles. The summed E-state index contributed by atoms with van der Waals surface area (Å²) in [5.74, 6) is 0.703. The summed E-state index contributed by atoms with van der Waals surface area (Å²) in [6.45, 7) is 4.94. The Morgan fingerprint density at radius 3 is 3.06 bits per heavy atom. The maximum atomic E-state index is 11.8. The Labute approximate surface area is 110 Å². The molecule has 1 aromatic heterocycles. The van der Waals surface area contributed by atoms with Crippen molar-refractivity contribution in [2.45, 2.75) is 26.3 Å². The van der Waals surface area contributed by atoms with Crippen molar-refractivity contribution in [2.24, 2.45) is 5.92 Å². The smallest absolute Gasteiger partial charge is 0.268 e. The van der Waals surface area contributed by atoms with Gasteiger partial charge in [0.25, 0.3) is 5.56 Å². The van der Waals surface area contributed by atoms with Crippen molar-refractivity contribution in [2.75, 3.05) is 23.3 Å². The number of nitrogens with zero attached hydrogens (tertiary/aromatic N) is 3. The van der Waals surface area contributed by atoms with Crippen molar-refractivity contribution in [3.8, 4) is 0 Å². The van der Waals surface area contributed by atoms with Gasteiger partial charge in [-0.1, -0.05) is 22.9 Å². The number of aryl methyl sites for hydroxylation is 1. The van der Waals surface area contributed by atoms with Crippen LogP contribution < -0.4 is 10.5 Å². The average Bonchev–Trinajstić information content (AvgIpc) is 2.32. The quantitative estimate of drug-likeness (QED) is 0.800. The number of piperidine rings is 1. The fraction of sp³-hybridized carbons (Fsp3) is 0.667. The van der Waals surface area contributed by atoms with Gasteiger partial charge in [-0.15, -0.1) is 0 Å². The molecule has 0 N–H and O–H groups in total. The molecule has 1 aliphatic rings. The number of alkyl halides is 1. The van der Waals surface area contributed by atoms with E-state index < -0.39 is 0 Å². The Morgan fingerprint density at radius 1 is 1.59 bits per heavy atom.